The van der Waals surface area contributed by atoms with Crippen LogP contribution in [0.2, 0.25) is 0 Å². The molecule has 2 N–H and O–H groups in total. The monoisotopic (exact) mass is 444 g/mol. The van der Waals surface area contributed by atoms with Crippen LogP contribution in [0.4, 0.5) is 22.0 Å². The van der Waals surface area contributed by atoms with Crippen LogP contribution in [-0.2, 0) is 16.7 Å². The number of carbonyl (C=O) groups is 1. The maximum absolute atomic E-state index is 14.9. The van der Waals surface area contributed by atoms with Crippen molar-refractivity contribution in [3.63, 3.8) is 0 Å². The van der Waals surface area contributed by atoms with Gasteiger partial charge in [0, 0.05) is 12.0 Å². The highest BCUT2D eigenvalue weighted by atomic mass is 19.2. The predicted octanol–water partition coefficient (Wildman–Crippen LogP) is 2.72. The lowest BCUT2D eigenvalue weighted by Gasteiger charge is -2.37. The molecule has 0 amide bonds. The highest BCUT2D eigenvalue weighted by Gasteiger charge is 2.48. The zero-order chi connectivity index (χ0) is 22.8. The van der Waals surface area contributed by atoms with Crippen LogP contribution in [0, 0.1) is 11.6 Å². The summed E-state index contributed by atoms with van der Waals surface area (Å²) in [5.41, 5.74) is 2.67. The largest absolute Gasteiger partial charge is 0.456 e. The van der Waals surface area contributed by atoms with Crippen LogP contribution in [0.15, 0.2) is 29.5 Å². The van der Waals surface area contributed by atoms with Crippen molar-refractivity contribution in [1.82, 2.24) is 9.97 Å². The van der Waals surface area contributed by atoms with Gasteiger partial charge in [0.05, 0.1) is 12.4 Å². The summed E-state index contributed by atoms with van der Waals surface area (Å²) in [5, 5.41) is 0. The Labute approximate surface area is 173 Å². The Morgan fingerprint density at radius 3 is 2.61 bits per heavy atom. The summed E-state index contributed by atoms with van der Waals surface area (Å²) < 4.78 is 78.3. The number of ketones is 1. The number of benzene rings is 1. The van der Waals surface area contributed by atoms with Gasteiger partial charge < -0.3 is 15.2 Å². The fraction of sp³-hybridized carbons (Fsp3) is 0.368. The van der Waals surface area contributed by atoms with Crippen LogP contribution in [0.25, 0.3) is 0 Å². The third-order valence-electron chi connectivity index (χ3n) is 4.74. The van der Waals surface area contributed by atoms with Crippen molar-refractivity contribution in [1.29, 1.82) is 0 Å². The van der Waals surface area contributed by atoms with Gasteiger partial charge in [-0.2, -0.15) is 0 Å². The number of carbonyl (C=O) groups excluding carboxylic acids is 1. The Kier molecular flexibility index (Phi) is 6.37. The van der Waals surface area contributed by atoms with E-state index >= 15 is 0 Å². The van der Waals surface area contributed by atoms with Crippen molar-refractivity contribution < 1.29 is 36.2 Å². The van der Waals surface area contributed by atoms with Crippen molar-refractivity contribution >= 4 is 11.8 Å². The van der Waals surface area contributed by atoms with Crippen molar-refractivity contribution in [2.75, 3.05) is 13.5 Å². The van der Waals surface area contributed by atoms with E-state index in [0.717, 1.165) is 31.5 Å². The Bertz CT molecular complexity index is 1000. The van der Waals surface area contributed by atoms with Crippen LogP contribution in [0.3, 0.4) is 0 Å². The highest BCUT2D eigenvalue weighted by Crippen LogP contribution is 2.39. The normalized spacial score (nSPS) is 23.1. The van der Waals surface area contributed by atoms with Crippen LogP contribution in [-0.4, -0.2) is 47.6 Å². The molecule has 1 aromatic heterocycles. The van der Waals surface area contributed by atoms with Gasteiger partial charge >= 0.3 is 0 Å². The number of aromatic nitrogens is 2. The summed E-state index contributed by atoms with van der Waals surface area (Å²) in [6, 6.07) is 1.24. The van der Waals surface area contributed by atoms with Gasteiger partial charge in [0.25, 0.3) is 6.02 Å². The molecule has 166 valence electrons. The van der Waals surface area contributed by atoms with Gasteiger partial charge in [-0.25, -0.2) is 36.9 Å². The third-order valence-corrected chi connectivity index (χ3v) is 4.74. The number of aliphatic imine (C=N–C) groups is 1. The molecule has 0 aliphatic carbocycles. The van der Waals surface area contributed by atoms with Crippen molar-refractivity contribution in [2.45, 2.75) is 31.2 Å². The van der Waals surface area contributed by atoms with Crippen LogP contribution in [0.1, 0.15) is 28.5 Å². The van der Waals surface area contributed by atoms with E-state index in [1.54, 1.807) is 0 Å². The Balaban J connectivity index is 1.94. The molecule has 1 aliphatic rings. The summed E-state index contributed by atoms with van der Waals surface area (Å²) in [5.74, 6) is -3.54. The average Bonchev–Trinajstić information content (AvgIpc) is 2.73. The SMILES string of the molecule is C[C@]1(c2cc(CC(=O)c3cnc(OCF)cn3)cc(F)c2F)N=C(N)O[C@H](CF)[C@@H]1F. The number of hydrogen-bond acceptors (Lipinski definition) is 7. The smallest absolute Gasteiger partial charge is 0.283 e. The summed E-state index contributed by atoms with van der Waals surface area (Å²) in [4.78, 5) is 23.6. The zero-order valence-electron chi connectivity index (χ0n) is 16.1. The Morgan fingerprint density at radius 1 is 1.26 bits per heavy atom. The number of nitrogens with zero attached hydrogens (tertiary/aromatic N) is 3. The average molecular weight is 444 g/mol. The molecule has 2 aromatic rings. The molecule has 3 rings (SSSR count). The maximum Gasteiger partial charge on any atom is 0.283 e. The first-order chi connectivity index (χ1) is 14.7. The molecule has 7 nitrogen and oxygen atoms in total. The number of alkyl halides is 3. The number of amidine groups is 1. The van der Waals surface area contributed by atoms with Crippen LogP contribution >= 0.6 is 0 Å². The fourth-order valence-corrected chi connectivity index (χ4v) is 3.19. The molecule has 1 aliphatic heterocycles. The van der Waals surface area contributed by atoms with Crippen molar-refractivity contribution in [2.24, 2.45) is 10.7 Å². The van der Waals surface area contributed by atoms with E-state index < -0.39 is 66.8 Å². The van der Waals surface area contributed by atoms with Gasteiger partial charge in [0.15, 0.2) is 29.7 Å². The van der Waals surface area contributed by atoms with Gasteiger partial charge in [0.1, 0.15) is 17.9 Å². The summed E-state index contributed by atoms with van der Waals surface area (Å²) in [6.45, 7) is -1.28. The molecular formula is C19H17F5N4O3. The van der Waals surface area contributed by atoms with Gasteiger partial charge in [-0.15, -0.1) is 0 Å². The number of halogens is 5. The molecule has 31 heavy (non-hydrogen) atoms. The maximum atomic E-state index is 14.9. The number of ether oxygens (including phenoxy) is 2. The molecule has 0 fully saturated rings. The molecule has 1 aromatic carbocycles. The highest BCUT2D eigenvalue weighted by molar-refractivity contribution is 5.95. The van der Waals surface area contributed by atoms with E-state index in [2.05, 4.69) is 19.7 Å². The van der Waals surface area contributed by atoms with Gasteiger partial charge in [-0.05, 0) is 24.6 Å². The van der Waals surface area contributed by atoms with Gasteiger partial charge in [-0.1, -0.05) is 0 Å². The standard InChI is InChI=1S/C19H17F5N4O3/c1-19(17(24)14(5-20)31-18(25)28-19)10-2-9(3-11(22)16(10)23)4-13(29)12-6-27-15(7-26-12)30-8-21/h2-3,6-7,14,17H,4-5,8H2,1H3,(H2,25,28)/t14-,17+,19-/m1/s1. The minimum absolute atomic E-state index is 0.0183. The lowest BCUT2D eigenvalue weighted by molar-refractivity contribution is 0.00430. The summed E-state index contributed by atoms with van der Waals surface area (Å²) in [6.07, 6.45) is -2.23. The van der Waals surface area contributed by atoms with E-state index in [0.29, 0.717) is 0 Å². The molecule has 12 heteroatoms. The van der Waals surface area contributed by atoms with Gasteiger partial charge in [-0.3, -0.25) is 4.79 Å². The second-order valence-electron chi connectivity index (χ2n) is 6.84. The molecule has 0 radical (unpaired) electrons. The molecule has 3 atom stereocenters. The lowest BCUT2D eigenvalue weighted by Crippen LogP contribution is -2.50. The first-order valence-electron chi connectivity index (χ1n) is 8.94. The second-order valence-corrected chi connectivity index (χ2v) is 6.84. The van der Waals surface area contributed by atoms with Crippen molar-refractivity contribution in [3.8, 4) is 5.88 Å². The molecule has 2 heterocycles. The molecule has 0 saturated heterocycles. The summed E-state index contributed by atoms with van der Waals surface area (Å²) in [7, 11) is 0. The number of Topliss-reactive ketones (excluding diaryl/α,β-unsaturated/α-hetero) is 1. The Morgan fingerprint density at radius 2 is 2.00 bits per heavy atom. The summed E-state index contributed by atoms with van der Waals surface area (Å²) >= 11 is 0. The predicted molar refractivity (Wildman–Crippen MR) is 97.7 cm³/mol. The second kappa shape index (κ2) is 8.82. The molecule has 0 saturated carbocycles. The van der Waals surface area contributed by atoms with E-state index in [9.17, 15) is 26.7 Å². The number of nitrogens with two attached hydrogens (primary N) is 1. The number of hydrogen-bond donors (Lipinski definition) is 1. The third kappa shape index (κ3) is 4.42. The zero-order valence-corrected chi connectivity index (χ0v) is 16.1. The first kappa shape index (κ1) is 22.4. The minimum Gasteiger partial charge on any atom is -0.456 e. The lowest BCUT2D eigenvalue weighted by atomic mass is 9.83. The molecule has 0 bridgehead atoms. The van der Waals surface area contributed by atoms with Crippen LogP contribution in [0.5, 0.6) is 5.88 Å². The minimum atomic E-state index is -2.18. The topological polar surface area (TPSA) is 99.7 Å². The van der Waals surface area contributed by atoms with E-state index in [-0.39, 0.29) is 17.1 Å². The quantitative estimate of drug-likeness (QED) is 0.521. The fourth-order valence-electron chi connectivity index (χ4n) is 3.19. The van der Waals surface area contributed by atoms with E-state index in [4.69, 9.17) is 10.5 Å². The van der Waals surface area contributed by atoms with Crippen molar-refractivity contribution in [3.05, 3.63) is 53.0 Å². The van der Waals surface area contributed by atoms with Crippen LogP contribution < -0.4 is 10.5 Å². The van der Waals surface area contributed by atoms with E-state index in [1.165, 1.54) is 0 Å². The molecule has 0 spiro atoms. The number of rotatable bonds is 7. The molecular weight excluding hydrogens is 427 g/mol. The van der Waals surface area contributed by atoms with Gasteiger partial charge in [0.2, 0.25) is 12.7 Å². The molecule has 0 unspecified atom stereocenters. The van der Waals surface area contributed by atoms with E-state index in [1.807, 2.05) is 0 Å². The Hall–Kier alpha value is -3.31. The first-order valence-corrected chi connectivity index (χ1v) is 8.94.